The van der Waals surface area contributed by atoms with Crippen molar-refractivity contribution >= 4 is 23.5 Å². The van der Waals surface area contributed by atoms with Gasteiger partial charge < -0.3 is 14.6 Å². The zero-order valence-electron chi connectivity index (χ0n) is 18.2. The Labute approximate surface area is 189 Å². The third-order valence-electron chi connectivity index (χ3n) is 6.01. The number of aliphatic carboxylic acids is 1. The molecule has 1 aliphatic carbocycles. The molecule has 3 atom stereocenters. The number of carbonyl (C=O) groups is 2. The average molecular weight is 448 g/mol. The molecule has 1 aromatic carbocycles. The molecule has 1 N–H and O–H groups in total. The molecular weight excluding hydrogens is 414 g/mol. The molecule has 0 bridgehead atoms. The number of benzene rings is 1. The van der Waals surface area contributed by atoms with Gasteiger partial charge in [0.25, 0.3) is 0 Å². The van der Waals surface area contributed by atoms with Gasteiger partial charge in [-0.15, -0.1) is 11.8 Å². The minimum Gasteiger partial charge on any atom is -0.481 e. The number of nitrogens with zero attached hydrogens (tertiary/aromatic N) is 1. The largest absolute Gasteiger partial charge is 0.481 e. The van der Waals surface area contributed by atoms with Crippen LogP contribution in [0.25, 0.3) is 0 Å². The number of unbranched alkanes of at least 4 members (excludes halogenated alkanes) is 1. The molecule has 0 spiro atoms. The lowest BCUT2D eigenvalue weighted by Crippen LogP contribution is -2.49. The Balaban J connectivity index is 1.62. The van der Waals surface area contributed by atoms with Crippen molar-refractivity contribution in [2.45, 2.75) is 55.8 Å². The number of ether oxygens (including phenoxy) is 2. The van der Waals surface area contributed by atoms with Crippen LogP contribution in [0.2, 0.25) is 0 Å². The molecule has 0 amide bonds. The van der Waals surface area contributed by atoms with Gasteiger partial charge in [0.05, 0.1) is 32.0 Å². The number of morpholine rings is 1. The fourth-order valence-corrected chi connectivity index (χ4v) is 4.78. The summed E-state index contributed by atoms with van der Waals surface area (Å²) in [4.78, 5) is 27.1. The first-order valence-electron chi connectivity index (χ1n) is 11.0. The predicted molar refractivity (Wildman–Crippen MR) is 121 cm³/mol. The molecule has 0 radical (unpaired) electrons. The minimum absolute atomic E-state index is 0.104. The van der Waals surface area contributed by atoms with Crippen LogP contribution in [0.3, 0.4) is 0 Å². The van der Waals surface area contributed by atoms with Crippen LogP contribution in [-0.4, -0.2) is 66.5 Å². The Morgan fingerprint density at radius 1 is 1.26 bits per heavy atom. The fraction of sp³-hybridized carbons (Fsp3) is 0.583. The number of carbonyl (C=O) groups excluding carboxylic acids is 1. The highest BCUT2D eigenvalue weighted by atomic mass is 32.2. The van der Waals surface area contributed by atoms with E-state index in [1.807, 2.05) is 6.08 Å². The van der Waals surface area contributed by atoms with Gasteiger partial charge in [0.15, 0.2) is 5.78 Å². The summed E-state index contributed by atoms with van der Waals surface area (Å²) >= 11 is 1.71. The Kier molecular flexibility index (Phi) is 9.58. The summed E-state index contributed by atoms with van der Waals surface area (Å²) < 4.78 is 11.8. The van der Waals surface area contributed by atoms with E-state index < -0.39 is 5.97 Å². The van der Waals surface area contributed by atoms with Gasteiger partial charge in [-0.05, 0) is 43.2 Å². The Bertz CT molecular complexity index is 745. The summed E-state index contributed by atoms with van der Waals surface area (Å²) in [6.45, 7) is 3.38. The molecule has 1 aliphatic heterocycles. The quantitative estimate of drug-likeness (QED) is 0.314. The maximum absolute atomic E-state index is 12.9. The van der Waals surface area contributed by atoms with Crippen LogP contribution in [0.1, 0.15) is 37.7 Å². The Morgan fingerprint density at radius 3 is 2.68 bits per heavy atom. The van der Waals surface area contributed by atoms with Gasteiger partial charge in [0.2, 0.25) is 0 Å². The highest BCUT2D eigenvalue weighted by Gasteiger charge is 2.45. The normalized spacial score (nSPS) is 24.8. The molecule has 3 rings (SSSR count). The van der Waals surface area contributed by atoms with Crippen molar-refractivity contribution in [2.24, 2.45) is 5.92 Å². The molecule has 3 unspecified atom stereocenters. The summed E-state index contributed by atoms with van der Waals surface area (Å²) in [5, 5.41) is 8.77. The highest BCUT2D eigenvalue weighted by Crippen LogP contribution is 2.34. The van der Waals surface area contributed by atoms with Crippen molar-refractivity contribution in [3.8, 4) is 0 Å². The summed E-state index contributed by atoms with van der Waals surface area (Å²) in [7, 11) is 0. The molecule has 1 aromatic rings. The summed E-state index contributed by atoms with van der Waals surface area (Å²) in [5.74, 6) is -0.401. The highest BCUT2D eigenvalue weighted by molar-refractivity contribution is 7.98. The van der Waals surface area contributed by atoms with Crippen LogP contribution in [0.4, 0.5) is 0 Å². The number of ketones is 1. The van der Waals surface area contributed by atoms with E-state index in [1.54, 1.807) is 11.8 Å². The van der Waals surface area contributed by atoms with Crippen molar-refractivity contribution in [1.29, 1.82) is 0 Å². The SMILES string of the molecule is CSc1ccc(COC2CC(=O)C(N3CCOCC3)C2CC=CCCCC(=O)O)cc1. The first-order chi connectivity index (χ1) is 15.1. The summed E-state index contributed by atoms with van der Waals surface area (Å²) in [6.07, 6.45) is 8.85. The molecule has 0 aromatic heterocycles. The first kappa shape index (κ1) is 24.0. The number of hydrogen-bond donors (Lipinski definition) is 1. The van der Waals surface area contributed by atoms with E-state index >= 15 is 0 Å². The fourth-order valence-electron chi connectivity index (χ4n) is 4.37. The minimum atomic E-state index is -0.763. The number of Topliss-reactive ketones (excluding diaryl/α,β-unsaturated/α-hetero) is 1. The molecule has 170 valence electrons. The van der Waals surface area contributed by atoms with Crippen LogP contribution in [-0.2, 0) is 25.7 Å². The van der Waals surface area contributed by atoms with Crippen LogP contribution in [0, 0.1) is 5.92 Å². The monoisotopic (exact) mass is 447 g/mol. The van der Waals surface area contributed by atoms with Gasteiger partial charge in [0.1, 0.15) is 0 Å². The number of allylic oxidation sites excluding steroid dienone is 2. The standard InChI is InChI=1S/C24H33NO5S/c1-31-19-10-8-18(9-11-19)17-30-22-16-21(26)24(25-12-14-29-15-13-25)20(22)6-4-2-3-5-7-23(27)28/h2,4,8-11,20,22,24H,3,5-7,12-17H2,1H3,(H,27,28). The number of rotatable bonds is 11. The molecule has 1 saturated heterocycles. The molecule has 1 saturated carbocycles. The smallest absolute Gasteiger partial charge is 0.303 e. The van der Waals surface area contributed by atoms with E-state index in [4.69, 9.17) is 14.6 Å². The summed E-state index contributed by atoms with van der Waals surface area (Å²) in [5.41, 5.74) is 1.11. The van der Waals surface area contributed by atoms with Crippen LogP contribution in [0.5, 0.6) is 0 Å². The lowest BCUT2D eigenvalue weighted by Gasteiger charge is -2.35. The van der Waals surface area contributed by atoms with Crippen molar-refractivity contribution in [3.05, 3.63) is 42.0 Å². The number of hydrogen-bond acceptors (Lipinski definition) is 6. The zero-order chi connectivity index (χ0) is 22.1. The summed E-state index contributed by atoms with van der Waals surface area (Å²) in [6, 6.07) is 8.23. The van der Waals surface area contributed by atoms with Gasteiger partial charge in [-0.1, -0.05) is 24.3 Å². The lowest BCUT2D eigenvalue weighted by molar-refractivity contribution is -0.137. The average Bonchev–Trinajstić information content (AvgIpc) is 3.10. The molecule has 2 aliphatic rings. The van der Waals surface area contributed by atoms with E-state index in [9.17, 15) is 9.59 Å². The maximum atomic E-state index is 12.9. The number of carboxylic acid groups (broad SMARTS) is 1. The van der Waals surface area contributed by atoms with Crippen molar-refractivity contribution in [2.75, 3.05) is 32.6 Å². The van der Waals surface area contributed by atoms with Crippen molar-refractivity contribution in [1.82, 2.24) is 4.90 Å². The second kappa shape index (κ2) is 12.4. The second-order valence-corrected chi connectivity index (χ2v) is 9.00. The van der Waals surface area contributed by atoms with E-state index in [0.29, 0.717) is 32.7 Å². The van der Waals surface area contributed by atoms with Crippen molar-refractivity contribution in [3.63, 3.8) is 0 Å². The third-order valence-corrected chi connectivity index (χ3v) is 6.76. The number of carboxylic acids is 1. The van der Waals surface area contributed by atoms with Gasteiger partial charge in [-0.25, -0.2) is 0 Å². The Morgan fingerprint density at radius 2 is 2.00 bits per heavy atom. The van der Waals surface area contributed by atoms with Crippen LogP contribution >= 0.6 is 11.8 Å². The third kappa shape index (κ3) is 7.17. The molecule has 1 heterocycles. The van der Waals surface area contributed by atoms with Crippen LogP contribution in [0.15, 0.2) is 41.3 Å². The lowest BCUT2D eigenvalue weighted by atomic mass is 9.95. The van der Waals surface area contributed by atoms with E-state index in [1.165, 1.54) is 4.90 Å². The van der Waals surface area contributed by atoms with E-state index in [-0.39, 0.29) is 30.3 Å². The molecule has 7 heteroatoms. The van der Waals surface area contributed by atoms with Gasteiger partial charge in [-0.3, -0.25) is 14.5 Å². The molecular formula is C24H33NO5S. The van der Waals surface area contributed by atoms with Gasteiger partial charge in [-0.2, -0.15) is 0 Å². The number of thioether (sulfide) groups is 1. The van der Waals surface area contributed by atoms with E-state index in [0.717, 1.165) is 31.5 Å². The molecule has 2 fully saturated rings. The van der Waals surface area contributed by atoms with Gasteiger partial charge >= 0.3 is 5.97 Å². The topological polar surface area (TPSA) is 76.1 Å². The van der Waals surface area contributed by atoms with Crippen LogP contribution < -0.4 is 0 Å². The molecule has 6 nitrogen and oxygen atoms in total. The van der Waals surface area contributed by atoms with Crippen molar-refractivity contribution < 1.29 is 24.2 Å². The first-order valence-corrected chi connectivity index (χ1v) is 12.3. The molecule has 31 heavy (non-hydrogen) atoms. The van der Waals surface area contributed by atoms with Gasteiger partial charge in [0, 0.05) is 36.7 Å². The Hall–Kier alpha value is -1.67. The predicted octanol–water partition coefficient (Wildman–Crippen LogP) is 3.78. The second-order valence-electron chi connectivity index (χ2n) is 8.12. The zero-order valence-corrected chi connectivity index (χ0v) is 19.0. The van der Waals surface area contributed by atoms with E-state index in [2.05, 4.69) is 41.5 Å². The maximum Gasteiger partial charge on any atom is 0.303 e.